The Bertz CT molecular complexity index is 588. The third-order valence-electron chi connectivity index (χ3n) is 8.63. The van der Waals surface area contributed by atoms with Crippen molar-refractivity contribution in [2.24, 2.45) is 29.1 Å². The molecule has 26 heavy (non-hydrogen) atoms. The van der Waals surface area contributed by atoms with Crippen LogP contribution in [0.2, 0.25) is 0 Å². The molecule has 2 fully saturated rings. The molecule has 2 aliphatic carbocycles. The second-order valence-electron chi connectivity index (χ2n) is 10.5. The lowest BCUT2D eigenvalue weighted by Crippen LogP contribution is -2.38. The van der Waals surface area contributed by atoms with Crippen molar-refractivity contribution in [2.75, 3.05) is 0 Å². The molecule has 0 aliphatic heterocycles. The molecule has 142 valence electrons. The predicted octanol–water partition coefficient (Wildman–Crippen LogP) is 3.97. The number of rotatable bonds is 4. The van der Waals surface area contributed by atoms with E-state index in [9.17, 15) is 0 Å². The first-order valence-electron chi connectivity index (χ1n) is 11.4. The topological polar surface area (TPSA) is 0 Å². The second-order valence-corrected chi connectivity index (χ2v) is 10.5. The van der Waals surface area contributed by atoms with Crippen molar-refractivity contribution in [1.29, 1.82) is 0 Å². The minimum absolute atomic E-state index is 0.536. The molecule has 3 rings (SSSR count). The molecule has 0 atom stereocenters. The number of benzene rings is 1. The van der Waals surface area contributed by atoms with E-state index < -0.39 is 0 Å². The molecule has 2 aliphatic rings. The minimum Gasteiger partial charge on any atom is -0.0949 e. The van der Waals surface area contributed by atoms with Crippen molar-refractivity contribution < 1.29 is 0 Å². The van der Waals surface area contributed by atoms with E-state index in [0.29, 0.717) is 5.41 Å². The van der Waals surface area contributed by atoms with Crippen LogP contribution >= 0.6 is 0 Å². The fourth-order valence-corrected chi connectivity index (χ4v) is 6.23. The zero-order chi connectivity index (χ0) is 18.9. The summed E-state index contributed by atoms with van der Waals surface area (Å²) in [6.07, 6.45) is 11.6. The maximum absolute atomic E-state index is 2.61. The van der Waals surface area contributed by atoms with E-state index in [2.05, 4.69) is 61.6 Å². The maximum Gasteiger partial charge on any atom is 0.138 e. The first-order chi connectivity index (χ1) is 12.3. The SMILES string of the molecule is Bc1cccc(C2CCC(C(C)(C)C3CCC(C(C)C)CC3)CC2)c1B. The molecule has 0 radical (unpaired) electrons. The van der Waals surface area contributed by atoms with E-state index >= 15 is 0 Å². The summed E-state index contributed by atoms with van der Waals surface area (Å²) in [5, 5.41) is 0. The third-order valence-corrected chi connectivity index (χ3v) is 8.63. The molecule has 0 aromatic heterocycles. The van der Waals surface area contributed by atoms with Gasteiger partial charge in [0.25, 0.3) is 0 Å². The van der Waals surface area contributed by atoms with Crippen LogP contribution in [0.5, 0.6) is 0 Å². The lowest BCUT2D eigenvalue weighted by atomic mass is 9.58. The van der Waals surface area contributed by atoms with Crippen molar-refractivity contribution in [3.8, 4) is 0 Å². The molecule has 0 saturated heterocycles. The van der Waals surface area contributed by atoms with Gasteiger partial charge in [0, 0.05) is 0 Å². The Morgan fingerprint density at radius 3 is 1.92 bits per heavy atom. The Morgan fingerprint density at radius 1 is 0.846 bits per heavy atom. The highest BCUT2D eigenvalue weighted by Gasteiger charge is 2.40. The Morgan fingerprint density at radius 2 is 1.38 bits per heavy atom. The van der Waals surface area contributed by atoms with Crippen LogP contribution in [-0.2, 0) is 0 Å². The van der Waals surface area contributed by atoms with Crippen molar-refractivity contribution in [1.82, 2.24) is 0 Å². The summed E-state index contributed by atoms with van der Waals surface area (Å²) in [6, 6.07) is 6.92. The number of hydrogen-bond donors (Lipinski definition) is 0. The molecule has 2 saturated carbocycles. The molecule has 0 nitrogen and oxygen atoms in total. The van der Waals surface area contributed by atoms with E-state index in [1.54, 1.807) is 11.0 Å². The van der Waals surface area contributed by atoms with Gasteiger partial charge < -0.3 is 0 Å². The van der Waals surface area contributed by atoms with E-state index in [1.807, 2.05) is 0 Å². The normalized spacial score (nSPS) is 30.5. The zero-order valence-electron chi connectivity index (χ0n) is 18.3. The summed E-state index contributed by atoms with van der Waals surface area (Å²) in [7, 11) is 4.59. The quantitative estimate of drug-likeness (QED) is 0.721. The molecular weight excluding hydrogens is 310 g/mol. The van der Waals surface area contributed by atoms with Gasteiger partial charge in [0.1, 0.15) is 15.7 Å². The zero-order valence-corrected chi connectivity index (χ0v) is 18.3. The smallest absolute Gasteiger partial charge is 0.0949 e. The largest absolute Gasteiger partial charge is 0.138 e. The molecule has 0 N–H and O–H groups in total. The Hall–Kier alpha value is -0.650. The van der Waals surface area contributed by atoms with Gasteiger partial charge in [-0.1, -0.05) is 62.4 Å². The molecule has 0 amide bonds. The lowest BCUT2D eigenvalue weighted by Gasteiger charge is -2.47. The van der Waals surface area contributed by atoms with E-state index in [0.717, 1.165) is 29.6 Å². The summed E-state index contributed by atoms with van der Waals surface area (Å²) in [5.41, 5.74) is 5.18. The van der Waals surface area contributed by atoms with E-state index in [1.165, 1.54) is 56.8 Å². The monoisotopic (exact) mass is 350 g/mol. The van der Waals surface area contributed by atoms with Crippen LogP contribution in [0.4, 0.5) is 0 Å². The van der Waals surface area contributed by atoms with Gasteiger partial charge in [-0.25, -0.2) is 0 Å². The average molecular weight is 350 g/mol. The van der Waals surface area contributed by atoms with E-state index in [-0.39, 0.29) is 0 Å². The summed E-state index contributed by atoms with van der Waals surface area (Å²) in [4.78, 5) is 0. The fourth-order valence-electron chi connectivity index (χ4n) is 6.23. The van der Waals surface area contributed by atoms with Crippen LogP contribution in [-0.4, -0.2) is 15.7 Å². The van der Waals surface area contributed by atoms with Gasteiger partial charge in [0.05, 0.1) is 0 Å². The van der Waals surface area contributed by atoms with Crippen molar-refractivity contribution >= 4 is 26.6 Å². The Labute approximate surface area is 164 Å². The molecule has 0 heterocycles. The van der Waals surface area contributed by atoms with Crippen LogP contribution in [0.3, 0.4) is 0 Å². The third kappa shape index (κ3) is 4.10. The highest BCUT2D eigenvalue weighted by Crippen LogP contribution is 2.51. The van der Waals surface area contributed by atoms with Gasteiger partial charge in [-0.05, 0) is 86.4 Å². The molecule has 0 spiro atoms. The Balaban J connectivity index is 1.59. The van der Waals surface area contributed by atoms with Crippen LogP contribution in [0.15, 0.2) is 18.2 Å². The first kappa shape index (κ1) is 20.1. The summed E-state index contributed by atoms with van der Waals surface area (Å²) < 4.78 is 0. The molecular formula is C24H40B2. The first-order valence-corrected chi connectivity index (χ1v) is 11.4. The van der Waals surface area contributed by atoms with Crippen LogP contribution in [0.1, 0.15) is 90.5 Å². The highest BCUT2D eigenvalue weighted by atomic mass is 14.5. The fraction of sp³-hybridized carbons (Fsp3) is 0.750. The summed E-state index contributed by atoms with van der Waals surface area (Å²) in [6.45, 7) is 10.1. The minimum atomic E-state index is 0.536. The van der Waals surface area contributed by atoms with Crippen LogP contribution in [0.25, 0.3) is 0 Å². The van der Waals surface area contributed by atoms with Gasteiger partial charge in [0.2, 0.25) is 0 Å². The maximum atomic E-state index is 2.61. The highest BCUT2D eigenvalue weighted by molar-refractivity contribution is 6.49. The van der Waals surface area contributed by atoms with Crippen molar-refractivity contribution in [3.63, 3.8) is 0 Å². The van der Waals surface area contributed by atoms with Crippen LogP contribution < -0.4 is 10.9 Å². The molecule has 1 aromatic carbocycles. The molecule has 0 bridgehead atoms. The second kappa shape index (κ2) is 8.15. The van der Waals surface area contributed by atoms with Crippen LogP contribution in [0, 0.1) is 29.1 Å². The standard InChI is InChI=1S/C24H40B2/c1-16(2)17-8-12-19(13-9-17)24(3,4)20-14-10-18(11-15-20)21-6-5-7-22(25)23(21)26/h5-7,16-20H,8-15,25-26H2,1-4H3. The Kier molecular flexibility index (Phi) is 6.30. The van der Waals surface area contributed by atoms with Gasteiger partial charge in [-0.3, -0.25) is 0 Å². The predicted molar refractivity (Wildman–Crippen MR) is 122 cm³/mol. The molecule has 1 aromatic rings. The summed E-state index contributed by atoms with van der Waals surface area (Å²) in [5.74, 6) is 4.57. The lowest BCUT2D eigenvalue weighted by molar-refractivity contribution is 0.0394. The summed E-state index contributed by atoms with van der Waals surface area (Å²) >= 11 is 0. The van der Waals surface area contributed by atoms with Gasteiger partial charge in [0.15, 0.2) is 0 Å². The van der Waals surface area contributed by atoms with Crippen molar-refractivity contribution in [2.45, 2.75) is 85.0 Å². The van der Waals surface area contributed by atoms with E-state index in [4.69, 9.17) is 0 Å². The average Bonchev–Trinajstić information content (AvgIpc) is 2.64. The molecule has 0 unspecified atom stereocenters. The number of hydrogen-bond acceptors (Lipinski definition) is 0. The van der Waals surface area contributed by atoms with Gasteiger partial charge in [-0.2, -0.15) is 0 Å². The van der Waals surface area contributed by atoms with Crippen molar-refractivity contribution in [3.05, 3.63) is 23.8 Å². The van der Waals surface area contributed by atoms with Gasteiger partial charge in [-0.15, -0.1) is 0 Å². The van der Waals surface area contributed by atoms with Gasteiger partial charge >= 0.3 is 0 Å². The molecule has 2 heteroatoms.